The molecule has 1 N–H and O–H groups in total. The first-order valence-electron chi connectivity index (χ1n) is 15.1. The average molecular weight is 695 g/mol. The summed E-state index contributed by atoms with van der Waals surface area (Å²) in [6, 6.07) is 16.4. The van der Waals surface area contributed by atoms with Gasteiger partial charge in [-0.15, -0.1) is 0 Å². The second-order valence-electron chi connectivity index (χ2n) is 10.9. The molecule has 4 rings (SSSR count). The summed E-state index contributed by atoms with van der Waals surface area (Å²) in [7, 11) is -4.24. The molecule has 1 aliphatic rings. The predicted molar refractivity (Wildman–Crippen MR) is 180 cm³/mol. The van der Waals surface area contributed by atoms with E-state index in [2.05, 4.69) is 5.32 Å². The summed E-state index contributed by atoms with van der Waals surface area (Å²) in [5.41, 5.74) is 0.908. The Balaban J connectivity index is 1.72. The van der Waals surface area contributed by atoms with Crippen molar-refractivity contribution in [2.24, 2.45) is 0 Å². The number of hydrogen-bond acceptors (Lipinski definition) is 5. The summed E-state index contributed by atoms with van der Waals surface area (Å²) in [6.45, 7) is 3.57. The molecule has 3 aromatic rings. The van der Waals surface area contributed by atoms with Gasteiger partial charge in [0.15, 0.2) is 0 Å². The van der Waals surface area contributed by atoms with Gasteiger partial charge in [0.25, 0.3) is 10.0 Å². The van der Waals surface area contributed by atoms with E-state index in [4.69, 9.17) is 39.5 Å². The van der Waals surface area contributed by atoms with Crippen molar-refractivity contribution in [1.29, 1.82) is 0 Å². The van der Waals surface area contributed by atoms with Crippen LogP contribution in [0.2, 0.25) is 15.1 Å². The lowest BCUT2D eigenvalue weighted by Crippen LogP contribution is -2.54. The van der Waals surface area contributed by atoms with Crippen LogP contribution in [0.1, 0.15) is 57.9 Å². The van der Waals surface area contributed by atoms with Crippen LogP contribution < -0.4 is 14.4 Å². The highest BCUT2D eigenvalue weighted by Crippen LogP contribution is 2.29. The molecule has 0 saturated heterocycles. The molecule has 0 heterocycles. The highest BCUT2D eigenvalue weighted by atomic mass is 35.5. The first-order valence-corrected chi connectivity index (χ1v) is 17.7. The monoisotopic (exact) mass is 693 g/mol. The molecule has 8 nitrogen and oxygen atoms in total. The van der Waals surface area contributed by atoms with Crippen molar-refractivity contribution in [3.63, 3.8) is 0 Å². The van der Waals surface area contributed by atoms with Gasteiger partial charge in [-0.25, -0.2) is 8.42 Å². The second-order valence-corrected chi connectivity index (χ2v) is 14.0. The minimum Gasteiger partial charge on any atom is -0.494 e. The molecule has 242 valence electrons. The first-order chi connectivity index (χ1) is 21.5. The number of sulfonamides is 1. The summed E-state index contributed by atoms with van der Waals surface area (Å²) in [6.07, 6.45) is 5.29. The predicted octanol–water partition coefficient (Wildman–Crippen LogP) is 7.50. The molecule has 3 aromatic carbocycles. The van der Waals surface area contributed by atoms with E-state index < -0.39 is 28.5 Å². The van der Waals surface area contributed by atoms with Crippen LogP contribution in [-0.2, 0) is 26.2 Å². The van der Waals surface area contributed by atoms with Crippen LogP contribution in [0, 0.1) is 0 Å². The van der Waals surface area contributed by atoms with Gasteiger partial charge in [-0.3, -0.25) is 13.9 Å². The Labute approximate surface area is 280 Å². The molecule has 0 bridgehead atoms. The molecule has 12 heteroatoms. The Kier molecular flexibility index (Phi) is 12.4. The number of anilines is 1. The number of rotatable bonds is 13. The Hall–Kier alpha value is -2.98. The van der Waals surface area contributed by atoms with Crippen molar-refractivity contribution in [1.82, 2.24) is 10.2 Å². The van der Waals surface area contributed by atoms with Crippen molar-refractivity contribution < 1.29 is 22.7 Å². The molecular formula is C33H38Cl3N3O5S. The van der Waals surface area contributed by atoms with Crippen LogP contribution >= 0.6 is 34.8 Å². The van der Waals surface area contributed by atoms with Gasteiger partial charge in [-0.05, 0) is 92.4 Å². The summed E-state index contributed by atoms with van der Waals surface area (Å²) in [5, 5.41) is 4.18. The minimum absolute atomic E-state index is 0.0183. The molecule has 0 aliphatic heterocycles. The van der Waals surface area contributed by atoms with Gasteiger partial charge in [0.1, 0.15) is 18.3 Å². The molecule has 0 spiro atoms. The zero-order chi connectivity index (χ0) is 32.6. The fourth-order valence-electron chi connectivity index (χ4n) is 5.44. The quantitative estimate of drug-likeness (QED) is 0.200. The molecule has 1 aliphatic carbocycles. The van der Waals surface area contributed by atoms with E-state index in [0.717, 1.165) is 36.4 Å². The number of carbonyl (C=O) groups is 2. The van der Waals surface area contributed by atoms with Crippen LogP contribution in [0.4, 0.5) is 5.69 Å². The molecular weight excluding hydrogens is 657 g/mol. The maximum absolute atomic E-state index is 14.3. The fraction of sp³-hybridized carbons (Fsp3) is 0.394. The standard InChI is InChI=1S/C33H38Cl3N3O5S/c1-3-31(33(41)37-25-8-6-5-7-9-25)38(21-23-10-19-29(35)30(36)20-23)32(40)22-39(26-13-15-27(16-14-26)44-4-2)45(42,43)28-17-11-24(34)12-18-28/h10-20,25,31H,3-9,21-22H2,1-2H3,(H,37,41). The van der Waals surface area contributed by atoms with Gasteiger partial charge in [0.2, 0.25) is 11.8 Å². The summed E-state index contributed by atoms with van der Waals surface area (Å²) < 4.78 is 34.7. The maximum Gasteiger partial charge on any atom is 0.264 e. The summed E-state index contributed by atoms with van der Waals surface area (Å²) in [5.74, 6) is -0.271. The molecule has 1 unspecified atom stereocenters. The van der Waals surface area contributed by atoms with Crippen LogP contribution in [0.3, 0.4) is 0 Å². The minimum atomic E-state index is -4.24. The summed E-state index contributed by atoms with van der Waals surface area (Å²) in [4.78, 5) is 29.4. The third kappa shape index (κ3) is 9.06. The molecule has 1 saturated carbocycles. The second kappa shape index (κ2) is 16.0. The molecule has 1 atom stereocenters. The Morgan fingerprint density at radius 2 is 1.58 bits per heavy atom. The number of amides is 2. The van der Waals surface area contributed by atoms with Gasteiger partial charge in [0.05, 0.1) is 27.2 Å². The average Bonchev–Trinajstić information content (AvgIpc) is 3.02. The van der Waals surface area contributed by atoms with E-state index in [1.165, 1.54) is 29.2 Å². The lowest BCUT2D eigenvalue weighted by Gasteiger charge is -2.34. The van der Waals surface area contributed by atoms with E-state index in [1.807, 2.05) is 13.8 Å². The lowest BCUT2D eigenvalue weighted by atomic mass is 9.95. The smallest absolute Gasteiger partial charge is 0.264 e. The van der Waals surface area contributed by atoms with Gasteiger partial charge < -0.3 is 15.0 Å². The number of hydrogen-bond donors (Lipinski definition) is 1. The third-order valence-electron chi connectivity index (χ3n) is 7.79. The van der Waals surface area contributed by atoms with Crippen LogP contribution in [0.15, 0.2) is 71.6 Å². The SMILES string of the molecule is CCOc1ccc(N(CC(=O)N(Cc2ccc(Cl)c(Cl)c2)C(CC)C(=O)NC2CCCCC2)S(=O)(=O)c2ccc(Cl)cc2)cc1. The third-order valence-corrected chi connectivity index (χ3v) is 10.6. The van der Waals surface area contributed by atoms with E-state index >= 15 is 0 Å². The summed E-state index contributed by atoms with van der Waals surface area (Å²) >= 11 is 18.5. The highest BCUT2D eigenvalue weighted by Gasteiger charge is 2.34. The Morgan fingerprint density at radius 1 is 0.911 bits per heavy atom. The zero-order valence-corrected chi connectivity index (χ0v) is 28.4. The number of nitrogens with one attached hydrogen (secondary N) is 1. The Bertz CT molecular complexity index is 1560. The maximum atomic E-state index is 14.3. The van der Waals surface area contributed by atoms with Crippen LogP contribution in [0.5, 0.6) is 5.75 Å². The van der Waals surface area contributed by atoms with Crippen molar-refractivity contribution in [2.45, 2.75) is 75.9 Å². The number of benzene rings is 3. The molecule has 45 heavy (non-hydrogen) atoms. The number of nitrogens with zero attached hydrogens (tertiary/aromatic N) is 2. The Morgan fingerprint density at radius 3 is 2.18 bits per heavy atom. The van der Waals surface area contributed by atoms with Gasteiger partial charge in [-0.2, -0.15) is 0 Å². The largest absolute Gasteiger partial charge is 0.494 e. The first kappa shape index (κ1) is 34.9. The number of halogens is 3. The number of carbonyl (C=O) groups excluding carboxylic acids is 2. The lowest BCUT2D eigenvalue weighted by molar-refractivity contribution is -0.140. The zero-order valence-electron chi connectivity index (χ0n) is 25.3. The van der Waals surface area contributed by atoms with Crippen molar-refractivity contribution >= 4 is 62.3 Å². The molecule has 2 amide bonds. The van der Waals surface area contributed by atoms with Gasteiger partial charge in [0, 0.05) is 17.6 Å². The van der Waals surface area contributed by atoms with E-state index in [1.54, 1.807) is 42.5 Å². The van der Waals surface area contributed by atoms with E-state index in [-0.39, 0.29) is 29.1 Å². The van der Waals surface area contributed by atoms with Crippen molar-refractivity contribution in [3.05, 3.63) is 87.4 Å². The normalized spacial score (nSPS) is 14.4. The van der Waals surface area contributed by atoms with E-state index in [9.17, 15) is 18.0 Å². The topological polar surface area (TPSA) is 96.0 Å². The molecule has 0 radical (unpaired) electrons. The van der Waals surface area contributed by atoms with Crippen molar-refractivity contribution in [2.75, 3.05) is 17.5 Å². The fourth-order valence-corrected chi connectivity index (χ4v) is 7.30. The highest BCUT2D eigenvalue weighted by molar-refractivity contribution is 7.92. The number of ether oxygens (including phenoxy) is 1. The molecule has 0 aromatic heterocycles. The molecule has 1 fully saturated rings. The van der Waals surface area contributed by atoms with Crippen molar-refractivity contribution in [3.8, 4) is 5.75 Å². The van der Waals surface area contributed by atoms with Crippen LogP contribution in [-0.4, -0.2) is 50.4 Å². The van der Waals surface area contributed by atoms with Gasteiger partial charge in [-0.1, -0.05) is 67.1 Å². The van der Waals surface area contributed by atoms with Crippen LogP contribution in [0.25, 0.3) is 0 Å². The van der Waals surface area contributed by atoms with E-state index in [0.29, 0.717) is 39.4 Å². The van der Waals surface area contributed by atoms with Gasteiger partial charge >= 0.3 is 0 Å².